The van der Waals surface area contributed by atoms with E-state index in [1.54, 1.807) is 12.1 Å². The van der Waals surface area contributed by atoms with E-state index >= 15 is 0 Å². The van der Waals surface area contributed by atoms with Crippen LogP contribution in [0.3, 0.4) is 0 Å². The summed E-state index contributed by atoms with van der Waals surface area (Å²) in [5, 5.41) is 11.0. The van der Waals surface area contributed by atoms with E-state index in [0.717, 1.165) is 5.56 Å². The third-order valence-corrected chi connectivity index (χ3v) is 5.83. The summed E-state index contributed by atoms with van der Waals surface area (Å²) in [7, 11) is 1.28. The summed E-state index contributed by atoms with van der Waals surface area (Å²) in [5.41, 5.74) is 0.870. The number of esters is 1. The van der Waals surface area contributed by atoms with Crippen LogP contribution >= 0.6 is 11.3 Å². The number of aromatic nitrogens is 1. The predicted molar refractivity (Wildman–Crippen MR) is 106 cm³/mol. The Kier molecular flexibility index (Phi) is 7.20. The van der Waals surface area contributed by atoms with Crippen molar-refractivity contribution in [2.24, 2.45) is 0 Å². The summed E-state index contributed by atoms with van der Waals surface area (Å²) >= 11 is 0.434. The average molecular weight is 460 g/mol. The van der Waals surface area contributed by atoms with Crippen molar-refractivity contribution < 1.29 is 37.3 Å². The Balaban J connectivity index is 1.61. The maximum atomic E-state index is 12.9. The Hall–Kier alpha value is -2.21. The second-order valence-electron chi connectivity index (χ2n) is 7.20. The minimum absolute atomic E-state index is 0.00945. The Morgan fingerprint density at radius 3 is 2.71 bits per heavy atom. The Morgan fingerprint density at radius 2 is 2.10 bits per heavy atom. The second-order valence-corrected chi connectivity index (χ2v) is 8.06. The van der Waals surface area contributed by atoms with Crippen molar-refractivity contribution in [3.8, 4) is 5.75 Å². The van der Waals surface area contributed by atoms with Gasteiger partial charge >= 0.3 is 12.1 Å². The zero-order valence-corrected chi connectivity index (χ0v) is 17.8. The summed E-state index contributed by atoms with van der Waals surface area (Å²) in [5.74, 6) is -1.83. The molecule has 1 aliphatic rings. The normalized spacial score (nSPS) is 21.0. The van der Waals surface area contributed by atoms with E-state index in [2.05, 4.69) is 9.72 Å². The molecule has 7 nitrogen and oxygen atoms in total. The molecule has 1 aliphatic heterocycles. The summed E-state index contributed by atoms with van der Waals surface area (Å²) < 4.78 is 53.8. The summed E-state index contributed by atoms with van der Waals surface area (Å²) in [4.78, 5) is 16.6. The first kappa shape index (κ1) is 23.5. The topological polar surface area (TPSA) is 81.1 Å². The number of hydrogen-bond donors (Lipinski definition) is 1. The van der Waals surface area contributed by atoms with Gasteiger partial charge in [0.2, 0.25) is 5.79 Å². The van der Waals surface area contributed by atoms with E-state index < -0.39 is 22.9 Å². The highest BCUT2D eigenvalue weighted by Gasteiger charge is 2.42. The molecular formula is C20H23F3N2O5S. The Morgan fingerprint density at radius 1 is 1.39 bits per heavy atom. The number of halogens is 3. The highest BCUT2D eigenvalue weighted by Crippen LogP contribution is 2.36. The molecule has 0 bridgehead atoms. The van der Waals surface area contributed by atoms with Gasteiger partial charge in [-0.2, -0.15) is 13.2 Å². The lowest BCUT2D eigenvalue weighted by Gasteiger charge is -2.41. The fourth-order valence-electron chi connectivity index (χ4n) is 3.24. The van der Waals surface area contributed by atoms with Crippen LogP contribution < -0.4 is 4.74 Å². The molecule has 170 valence electrons. The molecular weight excluding hydrogens is 437 g/mol. The van der Waals surface area contributed by atoms with Crippen LogP contribution in [0.25, 0.3) is 0 Å². The van der Waals surface area contributed by atoms with Gasteiger partial charge in [0.1, 0.15) is 11.4 Å². The van der Waals surface area contributed by atoms with Crippen LogP contribution in [0.15, 0.2) is 29.6 Å². The minimum atomic E-state index is -4.56. The van der Waals surface area contributed by atoms with Crippen molar-refractivity contribution in [3.05, 3.63) is 45.9 Å². The summed E-state index contributed by atoms with van der Waals surface area (Å²) in [6, 6.07) is 7.21. The number of hydrogen-bond acceptors (Lipinski definition) is 8. The van der Waals surface area contributed by atoms with Crippen LogP contribution in [0.2, 0.25) is 0 Å². The molecule has 2 unspecified atom stereocenters. The first-order valence-corrected chi connectivity index (χ1v) is 10.4. The maximum Gasteiger partial charge on any atom is 0.443 e. The number of carbonyl (C=O) groups is 1. The molecule has 1 aromatic heterocycles. The Labute approximate surface area is 181 Å². The molecule has 3 rings (SSSR count). The number of alkyl halides is 3. The van der Waals surface area contributed by atoms with E-state index in [1.807, 2.05) is 24.0 Å². The van der Waals surface area contributed by atoms with Gasteiger partial charge in [0.05, 0.1) is 20.3 Å². The van der Waals surface area contributed by atoms with Crippen molar-refractivity contribution in [1.82, 2.24) is 9.88 Å². The molecule has 1 aromatic carbocycles. The molecule has 0 saturated carbocycles. The smallest absolute Gasteiger partial charge is 0.443 e. The lowest BCUT2D eigenvalue weighted by molar-refractivity contribution is -0.254. The molecule has 0 amide bonds. The third kappa shape index (κ3) is 5.94. The molecule has 1 saturated heterocycles. The van der Waals surface area contributed by atoms with Crippen molar-refractivity contribution in [1.29, 1.82) is 0 Å². The van der Waals surface area contributed by atoms with Gasteiger partial charge < -0.3 is 19.3 Å². The quantitative estimate of drug-likeness (QED) is 0.637. The highest BCUT2D eigenvalue weighted by atomic mass is 32.1. The van der Waals surface area contributed by atoms with Gasteiger partial charge in [0.15, 0.2) is 11.6 Å². The molecule has 1 N–H and O–H groups in total. The van der Waals surface area contributed by atoms with Crippen molar-refractivity contribution >= 4 is 17.3 Å². The SMILES string of the molecule is COC(=O)COc1ccc(CC(C)N2CCOC(O)(c3csc(C(F)(F)F)n3)C2)cc1. The van der Waals surface area contributed by atoms with E-state index in [1.165, 1.54) is 12.5 Å². The van der Waals surface area contributed by atoms with Gasteiger partial charge in [-0.1, -0.05) is 12.1 Å². The fourth-order valence-corrected chi connectivity index (χ4v) is 3.98. The van der Waals surface area contributed by atoms with Crippen LogP contribution in [0.4, 0.5) is 13.2 Å². The fraction of sp³-hybridized carbons (Fsp3) is 0.500. The number of β-amino-alcohol motifs (C(OH)–C–C–N with tert-alkyl or cyclic N) is 1. The molecule has 2 atom stereocenters. The van der Waals surface area contributed by atoms with Crippen LogP contribution in [0.1, 0.15) is 23.2 Å². The van der Waals surface area contributed by atoms with Crippen LogP contribution in [-0.2, 0) is 32.7 Å². The largest absolute Gasteiger partial charge is 0.482 e. The van der Waals surface area contributed by atoms with Crippen LogP contribution in [-0.4, -0.2) is 60.4 Å². The molecule has 11 heteroatoms. The zero-order chi connectivity index (χ0) is 22.6. The molecule has 1 fully saturated rings. The number of carbonyl (C=O) groups excluding carboxylic acids is 1. The van der Waals surface area contributed by atoms with Crippen LogP contribution in [0, 0.1) is 0 Å². The molecule has 31 heavy (non-hydrogen) atoms. The number of nitrogens with zero attached hydrogens (tertiary/aromatic N) is 2. The molecule has 2 aromatic rings. The number of thiazole rings is 1. The summed E-state index contributed by atoms with van der Waals surface area (Å²) in [6.07, 6.45) is -3.92. The standard InChI is InChI=1S/C20H23F3N2O5S/c1-13(9-14-3-5-15(6-4-14)29-10-17(26)28-2)25-7-8-30-19(27,12-25)16-11-31-18(24-16)20(21,22)23/h3-6,11,13,27H,7-10,12H2,1-2H3. The number of ether oxygens (including phenoxy) is 3. The first-order chi connectivity index (χ1) is 14.6. The maximum absolute atomic E-state index is 12.9. The Bertz CT molecular complexity index is 890. The lowest BCUT2D eigenvalue weighted by atomic mass is 10.0. The predicted octanol–water partition coefficient (Wildman–Crippen LogP) is 2.82. The monoisotopic (exact) mass is 460 g/mol. The second kappa shape index (κ2) is 9.51. The van der Waals surface area contributed by atoms with E-state index in [-0.39, 0.29) is 31.5 Å². The first-order valence-electron chi connectivity index (χ1n) is 9.53. The summed E-state index contributed by atoms with van der Waals surface area (Å²) in [6.45, 7) is 2.50. The van der Waals surface area contributed by atoms with Crippen molar-refractivity contribution in [3.63, 3.8) is 0 Å². The molecule has 0 spiro atoms. The van der Waals surface area contributed by atoms with Crippen molar-refractivity contribution in [2.45, 2.75) is 31.3 Å². The van der Waals surface area contributed by atoms with Gasteiger partial charge in [0.25, 0.3) is 0 Å². The van der Waals surface area contributed by atoms with E-state index in [4.69, 9.17) is 9.47 Å². The third-order valence-electron chi connectivity index (χ3n) is 4.95. The van der Waals surface area contributed by atoms with Gasteiger partial charge in [0, 0.05) is 18.0 Å². The highest BCUT2D eigenvalue weighted by molar-refractivity contribution is 7.09. The molecule has 0 aliphatic carbocycles. The number of morpholine rings is 1. The van der Waals surface area contributed by atoms with Gasteiger partial charge in [-0.05, 0) is 31.0 Å². The van der Waals surface area contributed by atoms with Gasteiger partial charge in [-0.25, -0.2) is 9.78 Å². The molecule has 0 radical (unpaired) electrons. The lowest BCUT2D eigenvalue weighted by Crippen LogP contribution is -2.53. The van der Waals surface area contributed by atoms with Crippen LogP contribution in [0.5, 0.6) is 5.75 Å². The number of aliphatic hydroxyl groups is 1. The minimum Gasteiger partial charge on any atom is -0.482 e. The number of benzene rings is 1. The molecule has 2 heterocycles. The van der Waals surface area contributed by atoms with Gasteiger partial charge in [-0.15, -0.1) is 11.3 Å². The van der Waals surface area contributed by atoms with E-state index in [0.29, 0.717) is 30.1 Å². The zero-order valence-electron chi connectivity index (χ0n) is 17.0. The average Bonchev–Trinajstić information content (AvgIpc) is 3.25. The van der Waals surface area contributed by atoms with Crippen molar-refractivity contribution in [2.75, 3.05) is 33.4 Å². The number of methoxy groups -OCH3 is 1. The number of rotatable bonds is 7. The van der Waals surface area contributed by atoms with Gasteiger partial charge in [-0.3, -0.25) is 4.90 Å². The van der Waals surface area contributed by atoms with E-state index in [9.17, 15) is 23.1 Å².